The predicted octanol–water partition coefficient (Wildman–Crippen LogP) is 4.47. The van der Waals surface area contributed by atoms with Crippen LogP contribution in [-0.4, -0.2) is 44.9 Å². The Kier molecular flexibility index (Phi) is 8.45. The van der Waals surface area contributed by atoms with E-state index in [4.69, 9.17) is 14.4 Å². The zero-order valence-corrected chi connectivity index (χ0v) is 23.2. The largest absolute Gasteiger partial charge is 0.467 e. The van der Waals surface area contributed by atoms with Gasteiger partial charge in [-0.25, -0.2) is 9.89 Å². The Balaban J connectivity index is 1.27. The van der Waals surface area contributed by atoms with Crippen molar-refractivity contribution in [1.29, 1.82) is 0 Å². The third-order valence-electron chi connectivity index (χ3n) is 6.73. The van der Waals surface area contributed by atoms with Gasteiger partial charge in [0.25, 0.3) is 5.91 Å². The van der Waals surface area contributed by atoms with Gasteiger partial charge in [0.2, 0.25) is 11.8 Å². The first-order valence-corrected chi connectivity index (χ1v) is 14.2. The molecule has 0 spiro atoms. The summed E-state index contributed by atoms with van der Waals surface area (Å²) in [7, 11) is 0. The van der Waals surface area contributed by atoms with Crippen LogP contribution in [0.25, 0.3) is 0 Å². The van der Waals surface area contributed by atoms with Crippen molar-refractivity contribution in [2.45, 2.75) is 57.5 Å². The van der Waals surface area contributed by atoms with Gasteiger partial charge in [-0.05, 0) is 49.6 Å². The molecule has 3 amide bonds. The number of benzene rings is 2. The molecule has 206 valence electrons. The second kappa shape index (κ2) is 12.3. The molecule has 2 atom stereocenters. The minimum Gasteiger partial charge on any atom is -0.467 e. The molecule has 1 aromatic heterocycles. The van der Waals surface area contributed by atoms with Crippen LogP contribution in [0.5, 0.6) is 0 Å². The van der Waals surface area contributed by atoms with Gasteiger partial charge >= 0.3 is 0 Å². The van der Waals surface area contributed by atoms with Gasteiger partial charge in [0, 0.05) is 18.5 Å². The van der Waals surface area contributed by atoms with E-state index < -0.39 is 11.3 Å². The highest BCUT2D eigenvalue weighted by molar-refractivity contribution is 8.15. The summed E-state index contributed by atoms with van der Waals surface area (Å²) < 4.78 is 5.25. The Morgan fingerprint density at radius 2 is 1.85 bits per heavy atom. The molecule has 0 bridgehead atoms. The van der Waals surface area contributed by atoms with Crippen LogP contribution < -0.4 is 10.6 Å². The number of hydrogen-bond acceptors (Lipinski definition) is 7. The van der Waals surface area contributed by atoms with Crippen molar-refractivity contribution in [2.75, 3.05) is 0 Å². The molecule has 0 saturated heterocycles. The lowest BCUT2D eigenvalue weighted by Gasteiger charge is -2.27. The molecule has 40 heavy (non-hydrogen) atoms. The smallest absolute Gasteiger partial charge is 0.259 e. The predicted molar refractivity (Wildman–Crippen MR) is 155 cm³/mol. The average Bonchev–Trinajstić information content (AvgIpc) is 3.61. The molecule has 0 saturated carbocycles. The number of rotatable bonds is 10. The van der Waals surface area contributed by atoms with E-state index >= 15 is 0 Å². The van der Waals surface area contributed by atoms with Crippen LogP contribution in [0.15, 0.2) is 81.3 Å². The fraction of sp³-hybridized carbons (Fsp3) is 0.300. The van der Waals surface area contributed by atoms with Gasteiger partial charge in [0.05, 0.1) is 23.7 Å². The van der Waals surface area contributed by atoms with E-state index in [2.05, 4.69) is 10.6 Å². The Bertz CT molecular complexity index is 1450. The normalized spacial score (nSPS) is 16.5. The lowest BCUT2D eigenvalue weighted by atomic mass is 10.1. The third-order valence-corrected chi connectivity index (χ3v) is 8.05. The number of nitrogens with one attached hydrogen (secondary N) is 2. The molecule has 0 unspecified atom stereocenters. The molecule has 2 aromatic carbocycles. The third kappa shape index (κ3) is 6.17. The minimum atomic E-state index is -0.711. The quantitative estimate of drug-likeness (QED) is 0.382. The lowest BCUT2D eigenvalue weighted by molar-refractivity contribution is -0.125. The number of carbonyl (C=O) groups is 3. The van der Waals surface area contributed by atoms with Crippen LogP contribution in [0, 0.1) is 6.92 Å². The van der Waals surface area contributed by atoms with Crippen molar-refractivity contribution in [3.05, 3.63) is 89.4 Å². The molecule has 5 rings (SSSR count). The number of amidine groups is 2. The SMILES string of the molecule is CC[C@H](SC1=Nc2ccccc2C2=N[C@H](CCC(=O)NCc3ccco3)C(=O)N12)C(=O)NCc1ccc(C)cc1. The Morgan fingerprint density at radius 3 is 2.60 bits per heavy atom. The summed E-state index contributed by atoms with van der Waals surface area (Å²) in [6.45, 7) is 4.67. The van der Waals surface area contributed by atoms with E-state index in [-0.39, 0.29) is 37.1 Å². The molecule has 9 nitrogen and oxygen atoms in total. The molecular weight excluding hydrogens is 526 g/mol. The Labute approximate surface area is 237 Å². The van der Waals surface area contributed by atoms with Crippen LogP contribution >= 0.6 is 11.8 Å². The number of carbonyl (C=O) groups excluding carboxylic acids is 3. The topological polar surface area (TPSA) is 116 Å². The van der Waals surface area contributed by atoms with Crippen molar-refractivity contribution >= 4 is 46.2 Å². The van der Waals surface area contributed by atoms with Crippen LogP contribution in [0.4, 0.5) is 5.69 Å². The first-order valence-electron chi connectivity index (χ1n) is 13.3. The molecule has 2 N–H and O–H groups in total. The summed E-state index contributed by atoms with van der Waals surface area (Å²) in [5, 5.41) is 5.79. The molecule has 2 aliphatic rings. The first-order chi connectivity index (χ1) is 19.4. The second-order valence-electron chi connectivity index (χ2n) is 9.67. The minimum absolute atomic E-state index is 0.121. The maximum absolute atomic E-state index is 13.6. The van der Waals surface area contributed by atoms with Gasteiger partial charge in [0.1, 0.15) is 17.6 Å². The maximum atomic E-state index is 13.6. The molecule has 0 aliphatic carbocycles. The maximum Gasteiger partial charge on any atom is 0.259 e. The van der Waals surface area contributed by atoms with Crippen LogP contribution in [0.3, 0.4) is 0 Å². The van der Waals surface area contributed by atoms with E-state index in [1.807, 2.05) is 62.4 Å². The molecule has 10 heteroatoms. The van der Waals surface area contributed by atoms with E-state index in [9.17, 15) is 14.4 Å². The zero-order chi connectivity index (χ0) is 28.1. The fourth-order valence-electron chi connectivity index (χ4n) is 4.48. The number of amides is 3. The number of nitrogens with zero attached hydrogens (tertiary/aromatic N) is 3. The van der Waals surface area contributed by atoms with Crippen molar-refractivity contribution in [2.24, 2.45) is 9.98 Å². The number of aliphatic imine (C=N–C) groups is 2. The van der Waals surface area contributed by atoms with Gasteiger partial charge in [0.15, 0.2) is 5.17 Å². The molecule has 0 fully saturated rings. The van der Waals surface area contributed by atoms with Crippen LogP contribution in [0.2, 0.25) is 0 Å². The molecule has 0 radical (unpaired) electrons. The number of hydrogen-bond donors (Lipinski definition) is 2. The van der Waals surface area contributed by atoms with Gasteiger partial charge in [-0.1, -0.05) is 60.6 Å². The first kappa shape index (κ1) is 27.4. The summed E-state index contributed by atoms with van der Waals surface area (Å²) in [5.74, 6) is 0.614. The average molecular weight is 558 g/mol. The summed E-state index contributed by atoms with van der Waals surface area (Å²) in [6.07, 6.45) is 2.51. The van der Waals surface area contributed by atoms with Gasteiger partial charge in [-0.2, -0.15) is 0 Å². The Morgan fingerprint density at radius 1 is 1.05 bits per heavy atom. The highest BCUT2D eigenvalue weighted by atomic mass is 32.2. The van der Waals surface area contributed by atoms with Crippen molar-refractivity contribution < 1.29 is 18.8 Å². The number of fused-ring (bicyclic) bond motifs is 3. The summed E-state index contributed by atoms with van der Waals surface area (Å²) in [4.78, 5) is 50.1. The molecule has 3 heterocycles. The van der Waals surface area contributed by atoms with E-state index in [1.165, 1.54) is 16.7 Å². The van der Waals surface area contributed by atoms with Crippen molar-refractivity contribution in [3.8, 4) is 0 Å². The highest BCUT2D eigenvalue weighted by Gasteiger charge is 2.42. The van der Waals surface area contributed by atoms with Crippen LogP contribution in [0.1, 0.15) is 48.6 Å². The number of aryl methyl sites for hydroxylation is 1. The second-order valence-corrected chi connectivity index (χ2v) is 10.8. The van der Waals surface area contributed by atoms with E-state index in [0.29, 0.717) is 35.4 Å². The van der Waals surface area contributed by atoms with Crippen molar-refractivity contribution in [1.82, 2.24) is 15.5 Å². The van der Waals surface area contributed by atoms with Gasteiger partial charge in [-0.3, -0.25) is 19.4 Å². The number of thioether (sulfide) groups is 1. The van der Waals surface area contributed by atoms with Gasteiger partial charge < -0.3 is 15.1 Å². The molecule has 2 aliphatic heterocycles. The summed E-state index contributed by atoms with van der Waals surface area (Å²) in [6, 6.07) is 18.4. The monoisotopic (exact) mass is 557 g/mol. The Hall–Kier alpha value is -4.18. The van der Waals surface area contributed by atoms with Crippen molar-refractivity contribution in [3.63, 3.8) is 0 Å². The van der Waals surface area contributed by atoms with E-state index in [0.717, 1.165) is 16.7 Å². The number of furan rings is 1. The molecular formula is C30H31N5O4S. The summed E-state index contributed by atoms with van der Waals surface area (Å²) >= 11 is 1.26. The van der Waals surface area contributed by atoms with Gasteiger partial charge in [-0.15, -0.1) is 0 Å². The standard InChI is InChI=1S/C30H31N5O4S/c1-3-25(28(37)32-17-20-12-10-19(2)11-13-20)40-30-34-23-9-5-4-8-22(23)27-33-24(29(38)35(27)30)14-15-26(36)31-18-21-7-6-16-39-21/h4-13,16,24-25H,3,14-15,17-18H2,1-2H3,(H,31,36)(H,32,37)/t24-,25+/m1/s1. The van der Waals surface area contributed by atoms with E-state index in [1.54, 1.807) is 18.4 Å². The summed E-state index contributed by atoms with van der Waals surface area (Å²) in [5.41, 5.74) is 3.62. The molecule has 3 aromatic rings. The fourth-order valence-corrected chi connectivity index (χ4v) is 5.53. The zero-order valence-electron chi connectivity index (χ0n) is 22.4. The highest BCUT2D eigenvalue weighted by Crippen LogP contribution is 2.35. The lowest BCUT2D eigenvalue weighted by Crippen LogP contribution is -2.43. The number of para-hydroxylation sites is 1. The van der Waals surface area contributed by atoms with Crippen LogP contribution in [-0.2, 0) is 27.5 Å².